The number of methoxy groups -OCH3 is 1. The molecule has 178 valence electrons. The fraction of sp³-hybridized carbons (Fsp3) is 0.348. The molecule has 0 saturated heterocycles. The molecule has 0 spiro atoms. The summed E-state index contributed by atoms with van der Waals surface area (Å²) in [6, 6.07) is 6.56. The van der Waals surface area contributed by atoms with E-state index in [-0.39, 0.29) is 29.4 Å². The lowest BCUT2D eigenvalue weighted by atomic mass is 10.1. The van der Waals surface area contributed by atoms with Gasteiger partial charge in [0.2, 0.25) is 0 Å². The predicted molar refractivity (Wildman–Crippen MR) is 122 cm³/mol. The van der Waals surface area contributed by atoms with Crippen LogP contribution in [0.25, 0.3) is 11.4 Å². The number of ether oxygens (including phenoxy) is 2. The number of rotatable bonds is 7. The topological polar surface area (TPSA) is 121 Å². The average Bonchev–Trinajstić information content (AvgIpc) is 3.08. The highest BCUT2D eigenvalue weighted by molar-refractivity contribution is 6.07. The fourth-order valence-corrected chi connectivity index (χ4v) is 3.96. The summed E-state index contributed by atoms with van der Waals surface area (Å²) in [6.07, 6.45) is 3.94. The first-order valence-electron chi connectivity index (χ1n) is 11.0. The van der Waals surface area contributed by atoms with E-state index in [0.29, 0.717) is 11.4 Å². The number of halogens is 1. The monoisotopic (exact) mass is 469 g/mol. The van der Waals surface area contributed by atoms with Crippen molar-refractivity contribution in [3.63, 3.8) is 0 Å². The largest absolute Gasteiger partial charge is 0.493 e. The Morgan fingerprint density at radius 1 is 1.21 bits per heavy atom. The molecule has 0 fully saturated rings. The van der Waals surface area contributed by atoms with Gasteiger partial charge in [0.05, 0.1) is 30.4 Å². The van der Waals surface area contributed by atoms with Crippen molar-refractivity contribution in [1.29, 1.82) is 0 Å². The first-order valence-corrected chi connectivity index (χ1v) is 11.0. The number of hydrogen-bond donors (Lipinski definition) is 1. The van der Waals surface area contributed by atoms with Crippen LogP contribution in [0.3, 0.4) is 0 Å². The van der Waals surface area contributed by atoms with Gasteiger partial charge in [-0.15, -0.1) is 10.2 Å². The number of fused-ring (bicyclic) bond motifs is 1. The minimum atomic E-state index is -0.857. The molecule has 10 nitrogen and oxygen atoms in total. The molecule has 11 heteroatoms. The van der Waals surface area contributed by atoms with Gasteiger partial charge in [-0.3, -0.25) is 14.9 Å². The van der Waals surface area contributed by atoms with Crippen LogP contribution in [-0.2, 0) is 13.0 Å². The molecule has 0 radical (unpaired) electrons. The molecule has 1 aliphatic heterocycles. The molecule has 1 N–H and O–H groups in total. The van der Waals surface area contributed by atoms with Gasteiger partial charge in [0.25, 0.3) is 11.6 Å². The molecule has 2 aromatic carbocycles. The van der Waals surface area contributed by atoms with E-state index in [1.807, 2.05) is 4.57 Å². The second kappa shape index (κ2) is 9.86. The Labute approximate surface area is 194 Å². The van der Waals surface area contributed by atoms with Crippen molar-refractivity contribution >= 4 is 17.3 Å². The Bertz CT molecular complexity index is 1240. The summed E-state index contributed by atoms with van der Waals surface area (Å²) in [5, 5.41) is 22.6. The molecule has 1 amide bonds. The molecular formula is C23H24FN5O5. The van der Waals surface area contributed by atoms with Gasteiger partial charge in [-0.25, -0.2) is 4.39 Å². The van der Waals surface area contributed by atoms with E-state index in [9.17, 15) is 19.3 Å². The molecule has 3 aromatic rings. The van der Waals surface area contributed by atoms with Crippen LogP contribution in [0.5, 0.6) is 11.5 Å². The lowest BCUT2D eigenvalue weighted by molar-refractivity contribution is -0.385. The Morgan fingerprint density at radius 2 is 2.03 bits per heavy atom. The second-order valence-electron chi connectivity index (χ2n) is 7.76. The van der Waals surface area contributed by atoms with Gasteiger partial charge in [-0.1, -0.05) is 6.42 Å². The second-order valence-corrected chi connectivity index (χ2v) is 7.76. The minimum absolute atomic E-state index is 0.129. The van der Waals surface area contributed by atoms with Gasteiger partial charge in [0, 0.05) is 24.6 Å². The first kappa shape index (κ1) is 23.1. The smallest absolute Gasteiger partial charge is 0.286 e. The number of aromatic nitrogens is 3. The summed E-state index contributed by atoms with van der Waals surface area (Å²) in [6.45, 7) is 2.73. The molecule has 2 heterocycles. The SMILES string of the molecule is CCOc1cc([N+](=O)[O-])c(C(=O)Nc2cc(-c3nnc4n3CCCCC4)ccc2F)cc1OC. The van der Waals surface area contributed by atoms with E-state index in [4.69, 9.17) is 9.47 Å². The molecule has 0 aliphatic carbocycles. The molecule has 1 aromatic heterocycles. The number of nitro groups is 1. The average molecular weight is 469 g/mol. The lowest BCUT2D eigenvalue weighted by Crippen LogP contribution is -2.15. The zero-order valence-corrected chi connectivity index (χ0v) is 18.8. The number of hydrogen-bond acceptors (Lipinski definition) is 7. The van der Waals surface area contributed by atoms with E-state index in [0.717, 1.165) is 44.1 Å². The van der Waals surface area contributed by atoms with Crippen molar-refractivity contribution < 1.29 is 23.6 Å². The number of aryl methyl sites for hydroxylation is 1. The first-order chi connectivity index (χ1) is 16.4. The highest BCUT2D eigenvalue weighted by atomic mass is 19.1. The maximum Gasteiger partial charge on any atom is 0.286 e. The van der Waals surface area contributed by atoms with Gasteiger partial charge in [-0.05, 0) is 38.0 Å². The Balaban J connectivity index is 1.68. The van der Waals surface area contributed by atoms with Gasteiger partial charge >= 0.3 is 0 Å². The zero-order valence-electron chi connectivity index (χ0n) is 18.8. The predicted octanol–water partition coefficient (Wildman–Crippen LogP) is 4.38. The summed E-state index contributed by atoms with van der Waals surface area (Å²) >= 11 is 0. The molecule has 0 atom stereocenters. The number of nitrogens with zero attached hydrogens (tertiary/aromatic N) is 4. The van der Waals surface area contributed by atoms with Crippen LogP contribution < -0.4 is 14.8 Å². The number of nitro benzene ring substituents is 1. The van der Waals surface area contributed by atoms with Crippen molar-refractivity contribution in [2.75, 3.05) is 19.0 Å². The van der Waals surface area contributed by atoms with Crippen molar-refractivity contribution in [2.24, 2.45) is 0 Å². The maximum absolute atomic E-state index is 14.6. The van der Waals surface area contributed by atoms with E-state index in [1.54, 1.807) is 13.0 Å². The summed E-state index contributed by atoms with van der Waals surface area (Å²) in [5.41, 5.74) is -0.320. The normalized spacial score (nSPS) is 13.0. The highest BCUT2D eigenvalue weighted by Crippen LogP contribution is 2.35. The number of benzene rings is 2. The third-order valence-corrected chi connectivity index (χ3v) is 5.61. The number of nitrogens with one attached hydrogen (secondary N) is 1. The molecular weight excluding hydrogens is 445 g/mol. The number of carbonyl (C=O) groups is 1. The van der Waals surface area contributed by atoms with Gasteiger partial charge < -0.3 is 19.4 Å². The van der Waals surface area contributed by atoms with Gasteiger partial charge in [-0.2, -0.15) is 0 Å². The summed E-state index contributed by atoms with van der Waals surface area (Å²) in [5.74, 6) is 0.199. The van der Waals surface area contributed by atoms with E-state index in [2.05, 4.69) is 15.5 Å². The molecule has 1 aliphatic rings. The van der Waals surface area contributed by atoms with Crippen LogP contribution in [0, 0.1) is 15.9 Å². The quantitative estimate of drug-likeness (QED) is 0.403. The fourth-order valence-electron chi connectivity index (χ4n) is 3.96. The van der Waals surface area contributed by atoms with Crippen molar-refractivity contribution in [2.45, 2.75) is 39.2 Å². The van der Waals surface area contributed by atoms with E-state index >= 15 is 0 Å². The van der Waals surface area contributed by atoms with Crippen molar-refractivity contribution in [3.8, 4) is 22.9 Å². The molecule has 0 unspecified atom stereocenters. The number of anilines is 1. The van der Waals surface area contributed by atoms with Crippen molar-refractivity contribution in [1.82, 2.24) is 14.8 Å². The van der Waals surface area contributed by atoms with Gasteiger partial charge in [0.15, 0.2) is 17.3 Å². The van der Waals surface area contributed by atoms with E-state index < -0.39 is 22.3 Å². The lowest BCUT2D eigenvalue weighted by Gasteiger charge is -2.13. The third-order valence-electron chi connectivity index (χ3n) is 5.61. The van der Waals surface area contributed by atoms with Crippen LogP contribution >= 0.6 is 0 Å². The molecule has 34 heavy (non-hydrogen) atoms. The zero-order chi connectivity index (χ0) is 24.2. The van der Waals surface area contributed by atoms with Gasteiger partial charge in [0.1, 0.15) is 17.2 Å². The standard InChI is InChI=1S/C23H24FN5O5/c1-3-34-20-13-18(29(31)32)15(12-19(20)33-2)23(30)25-17-11-14(8-9-16(17)24)22-27-26-21-7-5-4-6-10-28(21)22/h8-9,11-13H,3-7,10H2,1-2H3,(H,25,30). The Hall–Kier alpha value is -4.02. The molecule has 0 bridgehead atoms. The van der Waals surface area contributed by atoms with Crippen molar-refractivity contribution in [3.05, 3.63) is 57.7 Å². The third kappa shape index (κ3) is 4.54. The molecule has 4 rings (SSSR count). The highest BCUT2D eigenvalue weighted by Gasteiger charge is 2.26. The van der Waals surface area contributed by atoms with E-state index in [1.165, 1.54) is 25.3 Å². The van der Waals surface area contributed by atoms with Crippen LogP contribution in [0.1, 0.15) is 42.4 Å². The van der Waals surface area contributed by atoms with Crippen LogP contribution in [-0.4, -0.2) is 39.3 Å². The van der Waals surface area contributed by atoms with Crippen LogP contribution in [0.15, 0.2) is 30.3 Å². The maximum atomic E-state index is 14.6. The Morgan fingerprint density at radius 3 is 2.76 bits per heavy atom. The molecule has 0 saturated carbocycles. The Kier molecular flexibility index (Phi) is 6.71. The van der Waals surface area contributed by atoms with Crippen LogP contribution in [0.4, 0.5) is 15.8 Å². The number of carbonyl (C=O) groups excluding carboxylic acids is 1. The summed E-state index contributed by atoms with van der Waals surface area (Å²) in [4.78, 5) is 23.9. The summed E-state index contributed by atoms with van der Waals surface area (Å²) < 4.78 is 27.2. The van der Waals surface area contributed by atoms with Crippen LogP contribution in [0.2, 0.25) is 0 Å². The summed E-state index contributed by atoms with van der Waals surface area (Å²) in [7, 11) is 1.36. The number of amides is 1. The minimum Gasteiger partial charge on any atom is -0.493 e.